The lowest BCUT2D eigenvalue weighted by Crippen LogP contribution is -2.48. The number of carbonyl (C=O) groups excluding carboxylic acids is 1. The number of ether oxygens (including phenoxy) is 1. The van der Waals surface area contributed by atoms with Gasteiger partial charge in [-0.05, 0) is 19.1 Å². The highest BCUT2D eigenvalue weighted by Crippen LogP contribution is 2.43. The van der Waals surface area contributed by atoms with Crippen molar-refractivity contribution in [3.05, 3.63) is 34.8 Å². The third-order valence-corrected chi connectivity index (χ3v) is 5.17. The molecule has 0 aliphatic carbocycles. The van der Waals surface area contributed by atoms with Crippen LogP contribution in [0.5, 0.6) is 5.88 Å². The van der Waals surface area contributed by atoms with Crippen molar-refractivity contribution in [1.82, 2.24) is 4.98 Å². The van der Waals surface area contributed by atoms with Crippen LogP contribution in [0.1, 0.15) is 21.7 Å². The second kappa shape index (κ2) is 4.87. The number of pyridine rings is 1. The number of rotatable bonds is 2. The van der Waals surface area contributed by atoms with Gasteiger partial charge in [-0.1, -0.05) is 0 Å². The van der Waals surface area contributed by atoms with Crippen molar-refractivity contribution in [3.63, 3.8) is 0 Å². The van der Waals surface area contributed by atoms with Crippen LogP contribution in [0.3, 0.4) is 0 Å². The average Bonchev–Trinajstić information content (AvgIpc) is 3.09. The molecule has 4 rings (SSSR count). The summed E-state index contributed by atoms with van der Waals surface area (Å²) in [6.07, 6.45) is 1.96. The van der Waals surface area contributed by atoms with Crippen LogP contribution >= 0.6 is 11.3 Å². The summed E-state index contributed by atoms with van der Waals surface area (Å²) >= 11 is 1.46. The van der Waals surface area contributed by atoms with E-state index in [-0.39, 0.29) is 5.78 Å². The number of thiophene rings is 1. The summed E-state index contributed by atoms with van der Waals surface area (Å²) in [5.41, 5.74) is -0.222. The molecule has 2 aliphatic rings. The van der Waals surface area contributed by atoms with Crippen molar-refractivity contribution in [3.8, 4) is 5.88 Å². The zero-order chi connectivity index (χ0) is 16.2. The molecule has 1 N–H and O–H groups in total. The SMILES string of the molecule is COc1cc(N2CCC3(O)C(=O)c4cc(C)sc4N=C23)ccn1. The second-order valence-electron chi connectivity index (χ2n) is 5.66. The lowest BCUT2D eigenvalue weighted by molar-refractivity contribution is 0.0603. The summed E-state index contributed by atoms with van der Waals surface area (Å²) in [7, 11) is 1.55. The predicted octanol–water partition coefficient (Wildman–Crippen LogP) is 2.33. The Morgan fingerprint density at radius 3 is 3.04 bits per heavy atom. The molecule has 2 aliphatic heterocycles. The number of hydrogen-bond acceptors (Lipinski definition) is 7. The van der Waals surface area contributed by atoms with E-state index in [0.29, 0.717) is 35.2 Å². The van der Waals surface area contributed by atoms with Crippen molar-refractivity contribution in [2.24, 2.45) is 4.99 Å². The number of carbonyl (C=O) groups is 1. The second-order valence-corrected chi connectivity index (χ2v) is 6.89. The molecule has 1 fully saturated rings. The molecule has 1 atom stereocenters. The third kappa shape index (κ3) is 2.00. The molecule has 2 aromatic heterocycles. The topological polar surface area (TPSA) is 75.0 Å². The van der Waals surface area contributed by atoms with E-state index in [9.17, 15) is 9.90 Å². The van der Waals surface area contributed by atoms with E-state index in [2.05, 4.69) is 9.98 Å². The molecule has 1 unspecified atom stereocenters. The standard InChI is InChI=1S/C16H15N3O3S/c1-9-7-11-13(20)16(21)4-6-19(15(16)18-14(11)23-9)10-3-5-17-12(8-10)22-2/h3,5,7-8,21H,4,6H2,1-2H3. The van der Waals surface area contributed by atoms with Gasteiger partial charge < -0.3 is 14.7 Å². The molecular weight excluding hydrogens is 314 g/mol. The Morgan fingerprint density at radius 2 is 2.26 bits per heavy atom. The lowest BCUT2D eigenvalue weighted by atomic mass is 9.90. The van der Waals surface area contributed by atoms with Gasteiger partial charge in [-0.3, -0.25) is 4.79 Å². The zero-order valence-electron chi connectivity index (χ0n) is 12.7. The Morgan fingerprint density at radius 1 is 1.43 bits per heavy atom. The number of nitrogens with zero attached hydrogens (tertiary/aromatic N) is 3. The van der Waals surface area contributed by atoms with E-state index >= 15 is 0 Å². The van der Waals surface area contributed by atoms with Gasteiger partial charge in [0.15, 0.2) is 11.4 Å². The molecule has 7 heteroatoms. The van der Waals surface area contributed by atoms with Crippen molar-refractivity contribution in [2.45, 2.75) is 18.9 Å². The van der Waals surface area contributed by atoms with Gasteiger partial charge in [-0.25, -0.2) is 9.98 Å². The molecule has 118 valence electrons. The van der Waals surface area contributed by atoms with Crippen LogP contribution in [0.4, 0.5) is 10.7 Å². The molecule has 6 nitrogen and oxygen atoms in total. The molecule has 0 saturated carbocycles. The van der Waals surface area contributed by atoms with Gasteiger partial charge in [0.25, 0.3) is 0 Å². The van der Waals surface area contributed by atoms with Gasteiger partial charge in [0.1, 0.15) is 5.00 Å². The van der Waals surface area contributed by atoms with Crippen LogP contribution in [0.25, 0.3) is 0 Å². The first-order valence-corrected chi connectivity index (χ1v) is 8.09. The Labute approximate surface area is 137 Å². The fraction of sp³-hybridized carbons (Fsp3) is 0.312. The maximum Gasteiger partial charge on any atom is 0.214 e. The molecular formula is C16H15N3O3S. The van der Waals surface area contributed by atoms with Gasteiger partial charge >= 0.3 is 0 Å². The summed E-state index contributed by atoms with van der Waals surface area (Å²) in [6, 6.07) is 5.39. The van der Waals surface area contributed by atoms with Gasteiger partial charge in [0.05, 0.1) is 12.7 Å². The minimum absolute atomic E-state index is 0.259. The Hall–Kier alpha value is -2.25. The highest BCUT2D eigenvalue weighted by Gasteiger charge is 2.52. The smallest absolute Gasteiger partial charge is 0.214 e. The molecule has 1 saturated heterocycles. The minimum atomic E-state index is -1.54. The third-order valence-electron chi connectivity index (χ3n) is 4.23. The highest BCUT2D eigenvalue weighted by molar-refractivity contribution is 7.16. The van der Waals surface area contributed by atoms with Crippen LogP contribution in [0, 0.1) is 6.92 Å². The van der Waals surface area contributed by atoms with E-state index in [1.165, 1.54) is 11.3 Å². The monoisotopic (exact) mass is 329 g/mol. The molecule has 0 radical (unpaired) electrons. The van der Waals surface area contributed by atoms with Crippen LogP contribution in [-0.2, 0) is 0 Å². The Kier molecular flexibility index (Phi) is 3.04. The summed E-state index contributed by atoms with van der Waals surface area (Å²) in [5.74, 6) is 0.615. The number of amidine groups is 1. The number of aliphatic imine (C=N–C) groups is 1. The summed E-state index contributed by atoms with van der Waals surface area (Å²) in [5, 5.41) is 11.6. The molecule has 0 aromatic carbocycles. The zero-order valence-corrected chi connectivity index (χ0v) is 13.6. The number of ketones is 1. The average molecular weight is 329 g/mol. The van der Waals surface area contributed by atoms with Crippen molar-refractivity contribution in [2.75, 3.05) is 18.6 Å². The number of methoxy groups -OCH3 is 1. The fourth-order valence-electron chi connectivity index (χ4n) is 3.08. The largest absolute Gasteiger partial charge is 0.481 e. The van der Waals surface area contributed by atoms with E-state index < -0.39 is 5.60 Å². The van der Waals surface area contributed by atoms with Crippen molar-refractivity contribution < 1.29 is 14.6 Å². The van der Waals surface area contributed by atoms with Gasteiger partial charge in [-0.2, -0.15) is 0 Å². The van der Waals surface area contributed by atoms with Gasteiger partial charge in [0.2, 0.25) is 11.7 Å². The van der Waals surface area contributed by atoms with E-state index in [1.54, 1.807) is 25.4 Å². The normalized spacial score (nSPS) is 22.7. The number of fused-ring (bicyclic) bond motifs is 2. The first-order valence-electron chi connectivity index (χ1n) is 7.27. The first-order chi connectivity index (χ1) is 11.0. The number of aromatic nitrogens is 1. The number of hydrogen-bond donors (Lipinski definition) is 1. The van der Waals surface area contributed by atoms with Crippen molar-refractivity contribution >= 4 is 33.6 Å². The number of anilines is 1. The number of aliphatic hydroxyl groups is 1. The summed E-state index contributed by atoms with van der Waals surface area (Å²) in [6.45, 7) is 2.45. The molecule has 4 heterocycles. The quantitative estimate of drug-likeness (QED) is 0.915. The molecule has 0 spiro atoms. The minimum Gasteiger partial charge on any atom is -0.481 e. The highest BCUT2D eigenvalue weighted by atomic mass is 32.1. The van der Waals surface area contributed by atoms with Crippen molar-refractivity contribution in [1.29, 1.82) is 0 Å². The van der Waals surface area contributed by atoms with Crippen LogP contribution in [-0.4, -0.2) is 41.0 Å². The summed E-state index contributed by atoms with van der Waals surface area (Å²) < 4.78 is 5.15. The van der Waals surface area contributed by atoms with E-state index in [1.807, 2.05) is 17.9 Å². The maximum atomic E-state index is 12.7. The number of aryl methyl sites for hydroxylation is 1. The first kappa shape index (κ1) is 14.3. The molecule has 2 aromatic rings. The van der Waals surface area contributed by atoms with Gasteiger partial charge in [0, 0.05) is 35.8 Å². The molecule has 0 amide bonds. The maximum absolute atomic E-state index is 12.7. The Balaban J connectivity index is 1.84. The number of Topliss-reactive ketones (excluding diaryl/α,β-unsaturated/α-hetero) is 1. The van der Waals surface area contributed by atoms with Crippen LogP contribution in [0.15, 0.2) is 29.4 Å². The molecule has 23 heavy (non-hydrogen) atoms. The van der Waals surface area contributed by atoms with Crippen LogP contribution < -0.4 is 9.64 Å². The van der Waals surface area contributed by atoms with E-state index in [4.69, 9.17) is 4.74 Å². The van der Waals surface area contributed by atoms with Crippen LogP contribution in [0.2, 0.25) is 0 Å². The Bertz CT molecular complexity index is 845. The van der Waals surface area contributed by atoms with E-state index in [0.717, 1.165) is 10.6 Å². The van der Waals surface area contributed by atoms with Gasteiger partial charge in [-0.15, -0.1) is 11.3 Å². The lowest BCUT2D eigenvalue weighted by Gasteiger charge is -2.28. The fourth-order valence-corrected chi connectivity index (χ4v) is 3.95. The molecule has 0 bridgehead atoms. The predicted molar refractivity (Wildman–Crippen MR) is 88.2 cm³/mol. The summed E-state index contributed by atoms with van der Waals surface area (Å²) in [4.78, 5) is 24.3.